The molecule has 2 rings (SSSR count). The second-order valence-electron chi connectivity index (χ2n) is 4.43. The molecule has 2 aliphatic heterocycles. The van der Waals surface area contributed by atoms with Crippen LogP contribution in [0.3, 0.4) is 0 Å². The first-order valence-electron chi connectivity index (χ1n) is 5.72. The van der Waals surface area contributed by atoms with Crippen LogP contribution in [-0.2, 0) is 9.53 Å². The summed E-state index contributed by atoms with van der Waals surface area (Å²) in [5.41, 5.74) is 0. The van der Waals surface area contributed by atoms with E-state index < -0.39 is 10.7 Å². The molecule has 0 aliphatic carbocycles. The summed E-state index contributed by atoms with van der Waals surface area (Å²) in [5.74, 6) is 0.376. The predicted octanol–water partition coefficient (Wildman–Crippen LogP) is 2.30. The summed E-state index contributed by atoms with van der Waals surface area (Å²) in [6, 6.07) is 0. The minimum Gasteiger partial charge on any atom is -0.480 e. The Morgan fingerprint density at radius 2 is 2.40 bits per heavy atom. The van der Waals surface area contributed by atoms with Gasteiger partial charge in [-0.25, -0.2) is 0 Å². The minimum atomic E-state index is -0.622. The highest BCUT2D eigenvalue weighted by molar-refractivity contribution is 8.01. The zero-order valence-corrected chi connectivity index (χ0v) is 9.72. The molecule has 4 heteroatoms. The van der Waals surface area contributed by atoms with Crippen LogP contribution in [0.5, 0.6) is 0 Å². The lowest BCUT2D eigenvalue weighted by molar-refractivity contribution is -0.140. The van der Waals surface area contributed by atoms with Crippen molar-refractivity contribution in [2.24, 2.45) is 0 Å². The number of carboxylic acids is 1. The molecule has 86 valence electrons. The predicted molar refractivity (Wildman–Crippen MR) is 60.3 cm³/mol. The molecule has 0 spiro atoms. The van der Waals surface area contributed by atoms with Gasteiger partial charge < -0.3 is 9.84 Å². The van der Waals surface area contributed by atoms with Gasteiger partial charge in [0.2, 0.25) is 0 Å². The highest BCUT2D eigenvalue weighted by atomic mass is 32.2. The molecule has 0 bridgehead atoms. The van der Waals surface area contributed by atoms with E-state index in [2.05, 4.69) is 0 Å². The summed E-state index contributed by atoms with van der Waals surface area (Å²) >= 11 is 1.63. The number of carbonyl (C=O) groups is 1. The number of hydrogen-bond acceptors (Lipinski definition) is 3. The van der Waals surface area contributed by atoms with Gasteiger partial charge in [0, 0.05) is 6.61 Å². The third-order valence-corrected chi connectivity index (χ3v) is 5.02. The number of carboxylic acid groups (broad SMARTS) is 1. The van der Waals surface area contributed by atoms with Gasteiger partial charge in [0.05, 0.1) is 6.10 Å². The van der Waals surface area contributed by atoms with Crippen LogP contribution >= 0.6 is 11.8 Å². The van der Waals surface area contributed by atoms with Crippen molar-refractivity contribution >= 4 is 17.7 Å². The maximum Gasteiger partial charge on any atom is 0.319 e. The van der Waals surface area contributed by atoms with E-state index in [4.69, 9.17) is 4.74 Å². The molecule has 1 N–H and O–H groups in total. The van der Waals surface area contributed by atoms with Crippen LogP contribution < -0.4 is 0 Å². The van der Waals surface area contributed by atoms with Gasteiger partial charge in [-0.3, -0.25) is 4.79 Å². The zero-order chi connectivity index (χ0) is 10.7. The summed E-state index contributed by atoms with van der Waals surface area (Å²) in [4.78, 5) is 11.3. The standard InChI is InChI=1S/C11H18O3S/c12-10(13)11(5-2-8-15-11)6-4-9-3-1-7-14-9/h9H,1-8H2,(H,12,13). The summed E-state index contributed by atoms with van der Waals surface area (Å²) in [5, 5.41) is 9.28. The maximum atomic E-state index is 11.3. The van der Waals surface area contributed by atoms with Crippen LogP contribution in [0.2, 0.25) is 0 Å². The minimum absolute atomic E-state index is 0.322. The van der Waals surface area contributed by atoms with Gasteiger partial charge in [-0.1, -0.05) is 0 Å². The molecule has 2 atom stereocenters. The first kappa shape index (κ1) is 11.3. The van der Waals surface area contributed by atoms with E-state index in [1.165, 1.54) is 0 Å². The fraction of sp³-hybridized carbons (Fsp3) is 0.909. The third-order valence-electron chi connectivity index (χ3n) is 3.39. The monoisotopic (exact) mass is 230 g/mol. The van der Waals surface area contributed by atoms with Gasteiger partial charge in [-0.05, 0) is 44.3 Å². The molecule has 0 saturated carbocycles. The molecule has 2 fully saturated rings. The van der Waals surface area contributed by atoms with Crippen LogP contribution in [0, 0.1) is 0 Å². The second kappa shape index (κ2) is 4.74. The number of rotatable bonds is 4. The van der Waals surface area contributed by atoms with E-state index in [0.29, 0.717) is 6.10 Å². The Balaban J connectivity index is 1.86. The van der Waals surface area contributed by atoms with Crippen molar-refractivity contribution in [1.29, 1.82) is 0 Å². The molecular formula is C11H18O3S. The van der Waals surface area contributed by atoms with Crippen LogP contribution in [0.4, 0.5) is 0 Å². The molecule has 0 aromatic carbocycles. The quantitative estimate of drug-likeness (QED) is 0.805. The van der Waals surface area contributed by atoms with Crippen LogP contribution in [0.25, 0.3) is 0 Å². The highest BCUT2D eigenvalue weighted by Crippen LogP contribution is 2.42. The Morgan fingerprint density at radius 1 is 1.53 bits per heavy atom. The van der Waals surface area contributed by atoms with E-state index in [-0.39, 0.29) is 0 Å². The van der Waals surface area contributed by atoms with Gasteiger partial charge in [-0.2, -0.15) is 0 Å². The maximum absolute atomic E-state index is 11.3. The molecule has 3 nitrogen and oxygen atoms in total. The highest BCUT2D eigenvalue weighted by Gasteiger charge is 2.42. The van der Waals surface area contributed by atoms with Crippen LogP contribution in [-0.4, -0.2) is 34.3 Å². The first-order valence-corrected chi connectivity index (χ1v) is 6.70. The van der Waals surface area contributed by atoms with Crippen LogP contribution in [0.1, 0.15) is 38.5 Å². The fourth-order valence-electron chi connectivity index (χ4n) is 2.44. The average Bonchev–Trinajstić information content (AvgIpc) is 2.87. The van der Waals surface area contributed by atoms with Crippen LogP contribution in [0.15, 0.2) is 0 Å². The van der Waals surface area contributed by atoms with Gasteiger partial charge in [0.25, 0.3) is 0 Å². The number of aliphatic carboxylic acids is 1. The van der Waals surface area contributed by atoms with Crippen molar-refractivity contribution < 1.29 is 14.6 Å². The fourth-order valence-corrected chi connectivity index (χ4v) is 3.79. The third kappa shape index (κ3) is 2.48. The molecular weight excluding hydrogens is 212 g/mol. The van der Waals surface area contributed by atoms with Gasteiger partial charge in [-0.15, -0.1) is 11.8 Å². The van der Waals surface area contributed by atoms with E-state index >= 15 is 0 Å². The molecule has 2 aliphatic rings. The van der Waals surface area contributed by atoms with Crippen molar-refractivity contribution in [2.75, 3.05) is 12.4 Å². The van der Waals surface area contributed by atoms with Crippen molar-refractivity contribution in [2.45, 2.75) is 49.4 Å². The van der Waals surface area contributed by atoms with Crippen molar-refractivity contribution in [3.05, 3.63) is 0 Å². The van der Waals surface area contributed by atoms with Gasteiger partial charge in [0.1, 0.15) is 4.75 Å². The Bertz CT molecular complexity index is 230. The Hall–Kier alpha value is -0.220. The van der Waals surface area contributed by atoms with Crippen molar-refractivity contribution in [1.82, 2.24) is 0 Å². The van der Waals surface area contributed by atoms with Gasteiger partial charge in [0.15, 0.2) is 0 Å². The first-order chi connectivity index (χ1) is 7.23. The summed E-state index contributed by atoms with van der Waals surface area (Å²) in [6.07, 6.45) is 6.14. The molecule has 0 radical (unpaired) electrons. The van der Waals surface area contributed by atoms with Crippen molar-refractivity contribution in [3.8, 4) is 0 Å². The lowest BCUT2D eigenvalue weighted by atomic mass is 9.95. The summed E-state index contributed by atoms with van der Waals surface area (Å²) < 4.78 is 5.04. The molecule has 15 heavy (non-hydrogen) atoms. The molecule has 0 aromatic heterocycles. The smallest absolute Gasteiger partial charge is 0.319 e. The Labute approximate surface area is 94.6 Å². The number of hydrogen-bond donors (Lipinski definition) is 1. The second-order valence-corrected chi connectivity index (χ2v) is 5.90. The Morgan fingerprint density at radius 3 is 2.93 bits per heavy atom. The normalized spacial score (nSPS) is 35.9. The zero-order valence-electron chi connectivity index (χ0n) is 8.91. The molecule has 0 aromatic rings. The molecule has 2 saturated heterocycles. The largest absolute Gasteiger partial charge is 0.480 e. The van der Waals surface area contributed by atoms with Gasteiger partial charge >= 0.3 is 5.97 Å². The van der Waals surface area contributed by atoms with E-state index in [0.717, 1.165) is 50.9 Å². The molecule has 2 heterocycles. The SMILES string of the molecule is O=C(O)C1(CCC2CCCO2)CCCS1. The topological polar surface area (TPSA) is 46.5 Å². The van der Waals surface area contributed by atoms with E-state index in [9.17, 15) is 9.90 Å². The Kier molecular flexibility index (Phi) is 3.57. The summed E-state index contributed by atoms with van der Waals surface area (Å²) in [7, 11) is 0. The lowest BCUT2D eigenvalue weighted by Crippen LogP contribution is -2.33. The molecule has 0 amide bonds. The summed E-state index contributed by atoms with van der Waals surface area (Å²) in [6.45, 7) is 0.859. The number of ether oxygens (including phenoxy) is 1. The van der Waals surface area contributed by atoms with Crippen molar-refractivity contribution in [3.63, 3.8) is 0 Å². The van der Waals surface area contributed by atoms with E-state index in [1.54, 1.807) is 11.8 Å². The average molecular weight is 230 g/mol. The van der Waals surface area contributed by atoms with E-state index in [1.807, 2.05) is 0 Å². The lowest BCUT2D eigenvalue weighted by Gasteiger charge is -2.24. The number of thioether (sulfide) groups is 1. The molecule has 2 unspecified atom stereocenters.